The Morgan fingerprint density at radius 2 is 1.92 bits per heavy atom. The molecule has 0 aromatic carbocycles. The molecule has 1 fully saturated rings. The molecular weight excluding hydrogens is 525 g/mol. The second-order valence-corrected chi connectivity index (χ2v) is 10.7. The minimum absolute atomic E-state index is 0.00743. The number of nitrogens with one attached hydrogen (secondary N) is 2. The third kappa shape index (κ3) is 10.5. The highest BCUT2D eigenvalue weighted by Crippen LogP contribution is 2.31. The van der Waals surface area contributed by atoms with Crippen molar-refractivity contribution in [1.29, 1.82) is 0 Å². The molecule has 1 saturated heterocycles. The Labute approximate surface area is 222 Å². The van der Waals surface area contributed by atoms with Crippen molar-refractivity contribution in [2.45, 2.75) is 26.9 Å². The number of allylic oxidation sites excluding steroid dienone is 2. The number of carbonyl (C=O) groups excluding carboxylic acids is 1. The zero-order valence-corrected chi connectivity index (χ0v) is 23.0. The van der Waals surface area contributed by atoms with E-state index in [1.807, 2.05) is 38.4 Å². The van der Waals surface area contributed by atoms with Gasteiger partial charge in [0, 0.05) is 84.9 Å². The molecule has 0 atom stereocenters. The number of aromatic nitrogens is 2. The van der Waals surface area contributed by atoms with E-state index in [2.05, 4.69) is 51.3 Å². The fraction of sp³-hybridized carbons (Fsp3) is 0.458. The second-order valence-electron chi connectivity index (χ2n) is 7.99. The van der Waals surface area contributed by atoms with Crippen LogP contribution in [0.3, 0.4) is 0 Å². The van der Waals surface area contributed by atoms with E-state index in [0.29, 0.717) is 0 Å². The Bertz CT molecular complexity index is 1090. The maximum atomic E-state index is 11.6. The van der Waals surface area contributed by atoms with Gasteiger partial charge in [-0.1, -0.05) is 36.8 Å². The van der Waals surface area contributed by atoms with Crippen molar-refractivity contribution >= 4 is 50.8 Å². The summed E-state index contributed by atoms with van der Waals surface area (Å²) in [5.74, 6) is 2.25. The summed E-state index contributed by atoms with van der Waals surface area (Å²) in [6.07, 6.45) is 3.81. The van der Waals surface area contributed by atoms with Gasteiger partial charge in [0.1, 0.15) is 12.4 Å². The van der Waals surface area contributed by atoms with Crippen molar-refractivity contribution in [3.8, 4) is 0 Å². The molecule has 204 valence electrons. The average molecular weight is 559 g/mol. The topological polar surface area (TPSA) is 90.5 Å². The minimum Gasteiger partial charge on any atom is -0.376 e. The molecule has 8 nitrogen and oxygen atoms in total. The number of hydrogen-bond donors (Lipinski definition) is 2. The number of pyridine rings is 1. The summed E-state index contributed by atoms with van der Waals surface area (Å²) in [4.78, 5) is 23.8. The number of nitrogens with zero attached hydrogens (tertiary/aromatic N) is 4. The van der Waals surface area contributed by atoms with Crippen molar-refractivity contribution in [3.05, 3.63) is 47.3 Å². The van der Waals surface area contributed by atoms with Crippen LogP contribution in [0, 0.1) is 0 Å². The summed E-state index contributed by atoms with van der Waals surface area (Å²) >= 11 is 1.62. The van der Waals surface area contributed by atoms with Gasteiger partial charge in [-0.2, -0.15) is 13.2 Å². The lowest BCUT2D eigenvalue weighted by molar-refractivity contribution is -0.132. The largest absolute Gasteiger partial charge is 0.405 e. The lowest BCUT2D eigenvalue weighted by atomic mass is 10.1. The number of likely N-dealkylation sites (N-methyl/N-ethyl adjacent to an activating group) is 1. The summed E-state index contributed by atoms with van der Waals surface area (Å²) < 4.78 is 44.6. The van der Waals surface area contributed by atoms with E-state index in [1.165, 1.54) is 16.5 Å². The Hall–Kier alpha value is -2.93. The highest BCUT2D eigenvalue weighted by Gasteiger charge is 2.25. The van der Waals surface area contributed by atoms with Crippen molar-refractivity contribution in [1.82, 2.24) is 20.2 Å². The Kier molecular flexibility index (Phi) is 12.1. The number of rotatable bonds is 6. The van der Waals surface area contributed by atoms with Crippen LogP contribution >= 0.6 is 11.3 Å². The molecule has 37 heavy (non-hydrogen) atoms. The van der Waals surface area contributed by atoms with Gasteiger partial charge >= 0.3 is 6.18 Å². The number of halogens is 3. The molecule has 0 spiro atoms. The Morgan fingerprint density at radius 3 is 2.51 bits per heavy atom. The second kappa shape index (κ2) is 14.7. The zero-order valence-electron chi connectivity index (χ0n) is 21.3. The summed E-state index contributed by atoms with van der Waals surface area (Å²) in [7, 11) is 1.41. The van der Waals surface area contributed by atoms with Crippen LogP contribution in [0.1, 0.15) is 25.6 Å². The molecule has 2 aromatic heterocycles. The molecule has 13 heteroatoms. The van der Waals surface area contributed by atoms with Gasteiger partial charge in [-0.15, -0.1) is 0 Å². The van der Waals surface area contributed by atoms with Crippen LogP contribution in [0.25, 0.3) is 5.57 Å². The van der Waals surface area contributed by atoms with Crippen LogP contribution in [0.2, 0.25) is 0 Å². The van der Waals surface area contributed by atoms with E-state index in [-0.39, 0.29) is 6.41 Å². The molecule has 0 unspecified atom stereocenters. The van der Waals surface area contributed by atoms with Gasteiger partial charge in [0.2, 0.25) is 6.41 Å². The molecular formula is C24H33F3N6O2S2. The molecule has 0 saturated carbocycles. The maximum absolute atomic E-state index is 11.6. The molecule has 4 rings (SSSR count). The molecule has 0 bridgehead atoms. The van der Waals surface area contributed by atoms with E-state index in [0.717, 1.165) is 52.7 Å². The molecule has 2 N–H and O–H groups in total. The first-order valence-electron chi connectivity index (χ1n) is 11.7. The summed E-state index contributed by atoms with van der Waals surface area (Å²) in [6, 6.07) is 4.04. The number of alkyl halides is 3. The molecule has 2 aromatic rings. The summed E-state index contributed by atoms with van der Waals surface area (Å²) in [6.45, 7) is 7.51. The van der Waals surface area contributed by atoms with Crippen LogP contribution in [-0.4, -0.2) is 76.4 Å². The average Bonchev–Trinajstić information content (AvgIpc) is 3.32. The van der Waals surface area contributed by atoms with E-state index in [1.54, 1.807) is 11.3 Å². The lowest BCUT2D eigenvalue weighted by Gasteiger charge is -2.28. The van der Waals surface area contributed by atoms with Gasteiger partial charge in [-0.05, 0) is 13.0 Å². The van der Waals surface area contributed by atoms with Crippen LogP contribution in [0.4, 0.5) is 29.8 Å². The molecule has 0 radical (unpaired) electrons. The monoisotopic (exact) mass is 558 g/mol. The fourth-order valence-electron chi connectivity index (χ4n) is 3.47. The predicted octanol–water partition coefficient (Wildman–Crippen LogP) is 4.40. The highest BCUT2D eigenvalue weighted by molar-refractivity contribution is 7.85. The number of anilines is 3. The first-order valence-corrected chi connectivity index (χ1v) is 14.1. The van der Waals surface area contributed by atoms with Gasteiger partial charge in [0.25, 0.3) is 0 Å². The van der Waals surface area contributed by atoms with E-state index in [9.17, 15) is 22.2 Å². The molecule has 0 aliphatic carbocycles. The highest BCUT2D eigenvalue weighted by atomic mass is 32.2. The molecule has 2 aliphatic rings. The van der Waals surface area contributed by atoms with E-state index < -0.39 is 23.5 Å². The molecule has 4 heterocycles. The summed E-state index contributed by atoms with van der Waals surface area (Å²) in [5.41, 5.74) is 3.64. The van der Waals surface area contributed by atoms with Gasteiger partial charge < -0.3 is 20.4 Å². The smallest absolute Gasteiger partial charge is 0.376 e. The van der Waals surface area contributed by atoms with Gasteiger partial charge in [-0.3, -0.25) is 9.00 Å². The number of carbonyl (C=O) groups is 1. The number of amides is 1. The Balaban J connectivity index is 0.000000414. The van der Waals surface area contributed by atoms with Gasteiger partial charge in [0.15, 0.2) is 5.13 Å². The predicted molar refractivity (Wildman–Crippen MR) is 146 cm³/mol. The van der Waals surface area contributed by atoms with Gasteiger partial charge in [-0.25, -0.2) is 9.97 Å². The normalized spacial score (nSPS) is 15.9. The standard InChI is InChI=1S/C19H23N5OS2.C3H4F3NO.C2H6/c1-14-9-15(13-23(2)12-14)17-11-21-19(26-17)22-18-10-16(3-4-20-18)24-5-7-27(25)8-6-24;4-3(5,6)1-7-2-8;1-2/h3-4,9-11,13H,5-8,12H2,1-2H3,(H,20,21,22);2H,1H2,(H,7,8);1-2H3. The van der Waals surface area contributed by atoms with E-state index >= 15 is 0 Å². The maximum Gasteiger partial charge on any atom is 0.405 e. The SMILES string of the molecule is CC.CC1=CC(c2cnc(Nc3cc(N4CCS(=O)CC4)ccn3)s2)=CN(C)C1.O=CNCC(F)(F)F. The first kappa shape index (κ1) is 30.3. The first-order chi connectivity index (χ1) is 17.6. The van der Waals surface area contributed by atoms with Crippen molar-refractivity contribution in [3.63, 3.8) is 0 Å². The van der Waals surface area contributed by atoms with Crippen molar-refractivity contribution in [2.75, 3.05) is 54.9 Å². The zero-order chi connectivity index (χ0) is 27.4. The van der Waals surface area contributed by atoms with Crippen LogP contribution in [0.15, 0.2) is 42.4 Å². The lowest BCUT2D eigenvalue weighted by Crippen LogP contribution is -2.37. The van der Waals surface area contributed by atoms with Crippen LogP contribution in [-0.2, 0) is 15.6 Å². The fourth-order valence-corrected chi connectivity index (χ4v) is 5.33. The quantitative estimate of drug-likeness (QED) is 0.508. The molecule has 1 amide bonds. The number of thiazole rings is 1. The van der Waals surface area contributed by atoms with Crippen molar-refractivity contribution in [2.24, 2.45) is 0 Å². The minimum atomic E-state index is -4.29. The van der Waals surface area contributed by atoms with Crippen LogP contribution in [0.5, 0.6) is 0 Å². The third-order valence-corrected chi connectivity index (χ3v) is 7.20. The number of hydrogen-bond acceptors (Lipinski definition) is 8. The van der Waals surface area contributed by atoms with Crippen molar-refractivity contribution < 1.29 is 22.2 Å². The third-order valence-electron chi connectivity index (χ3n) is 4.96. The van der Waals surface area contributed by atoms with Gasteiger partial charge in [0.05, 0.1) is 4.88 Å². The summed E-state index contributed by atoms with van der Waals surface area (Å²) in [5, 5.41) is 5.63. The molecule has 2 aliphatic heterocycles. The van der Waals surface area contributed by atoms with Crippen LogP contribution < -0.4 is 15.5 Å². The van der Waals surface area contributed by atoms with E-state index in [4.69, 9.17) is 0 Å². The Morgan fingerprint density at radius 1 is 1.22 bits per heavy atom.